The van der Waals surface area contributed by atoms with E-state index in [1.807, 2.05) is 42.3 Å². The van der Waals surface area contributed by atoms with Gasteiger partial charge in [-0.1, -0.05) is 42.5 Å². The van der Waals surface area contributed by atoms with Crippen LogP contribution in [-0.2, 0) is 14.3 Å². The van der Waals surface area contributed by atoms with Gasteiger partial charge in [0.2, 0.25) is 0 Å². The fourth-order valence-corrected chi connectivity index (χ4v) is 3.30. The maximum Gasteiger partial charge on any atom is 0.332 e. The Hall–Kier alpha value is -3.12. The molecule has 3 rings (SSSR count). The maximum absolute atomic E-state index is 12.0. The van der Waals surface area contributed by atoms with Gasteiger partial charge in [-0.3, -0.25) is 4.90 Å². The lowest BCUT2D eigenvalue weighted by atomic mass is 9.83. The number of benzene rings is 2. The Morgan fingerprint density at radius 2 is 1.88 bits per heavy atom. The van der Waals surface area contributed by atoms with Crippen LogP contribution in [0, 0.1) is 0 Å². The van der Waals surface area contributed by atoms with Crippen LogP contribution in [0.15, 0.2) is 60.7 Å². The summed E-state index contributed by atoms with van der Waals surface area (Å²) in [5.41, 5.74) is 9.64. The molecule has 0 saturated carbocycles. The number of rotatable bonds is 4. The van der Waals surface area contributed by atoms with Crippen molar-refractivity contribution >= 4 is 17.6 Å². The van der Waals surface area contributed by atoms with Gasteiger partial charge < -0.3 is 15.6 Å². The summed E-state index contributed by atoms with van der Waals surface area (Å²) < 4.78 is 5.50. The zero-order valence-corrected chi connectivity index (χ0v) is 14.3. The van der Waals surface area contributed by atoms with E-state index in [1.54, 1.807) is 6.07 Å². The number of fused-ring (bicyclic) bond motifs is 1. The topological polar surface area (TPSA) is 92.9 Å². The van der Waals surface area contributed by atoms with Crippen molar-refractivity contribution in [2.75, 3.05) is 19.3 Å². The number of aliphatic carboxylic acids is 1. The number of likely N-dealkylation sites (N-methyl/N-ethyl adjacent to an activating group) is 1. The Morgan fingerprint density at radius 1 is 1.15 bits per heavy atom. The molecule has 6 heteroatoms. The van der Waals surface area contributed by atoms with Gasteiger partial charge in [0.05, 0.1) is 0 Å². The largest absolute Gasteiger partial charge is 0.478 e. The summed E-state index contributed by atoms with van der Waals surface area (Å²) in [5, 5.41) is 8.66. The number of nitrogens with two attached hydrogens (primary N) is 1. The Bertz CT molecular complexity index is 848. The standard InChI is InChI=1S/C20H20N2O4/c1-22-12-15(13-6-3-2-4-7-13)14-8-5-9-16(21)19(14)20(22)26-18(25)11-10-17(23)24/h2-11,15,20H,12,21H2,1H3,(H,23,24)/b11-10-. The molecule has 1 heterocycles. The third kappa shape index (κ3) is 3.60. The maximum atomic E-state index is 12.0. The molecular weight excluding hydrogens is 332 g/mol. The molecular formula is C20H20N2O4. The number of hydrogen-bond donors (Lipinski definition) is 2. The summed E-state index contributed by atoms with van der Waals surface area (Å²) in [6.07, 6.45) is 0.989. The average molecular weight is 352 g/mol. The second-order valence-electron chi connectivity index (χ2n) is 6.21. The van der Waals surface area contributed by atoms with Gasteiger partial charge in [-0.2, -0.15) is 0 Å². The van der Waals surface area contributed by atoms with E-state index < -0.39 is 18.2 Å². The van der Waals surface area contributed by atoms with E-state index in [0.29, 0.717) is 12.2 Å². The molecule has 2 atom stereocenters. The van der Waals surface area contributed by atoms with Crippen molar-refractivity contribution in [3.05, 3.63) is 77.4 Å². The number of carboxylic acids is 1. The fraction of sp³-hybridized carbons (Fsp3) is 0.200. The number of nitrogen functional groups attached to an aromatic ring is 1. The van der Waals surface area contributed by atoms with E-state index in [4.69, 9.17) is 15.6 Å². The van der Waals surface area contributed by atoms with Crippen LogP contribution in [0.5, 0.6) is 0 Å². The summed E-state index contributed by atoms with van der Waals surface area (Å²) in [6.45, 7) is 0.640. The van der Waals surface area contributed by atoms with Gasteiger partial charge in [-0.05, 0) is 24.2 Å². The van der Waals surface area contributed by atoms with Crippen LogP contribution >= 0.6 is 0 Å². The van der Waals surface area contributed by atoms with Gasteiger partial charge >= 0.3 is 11.9 Å². The van der Waals surface area contributed by atoms with Gasteiger partial charge in [-0.15, -0.1) is 0 Å². The highest BCUT2D eigenvalue weighted by Gasteiger charge is 2.35. The molecule has 2 aromatic carbocycles. The molecule has 134 valence electrons. The first-order valence-electron chi connectivity index (χ1n) is 8.22. The third-order valence-electron chi connectivity index (χ3n) is 4.46. The summed E-state index contributed by atoms with van der Waals surface area (Å²) in [7, 11) is 1.85. The number of nitrogens with zero attached hydrogens (tertiary/aromatic N) is 1. The third-order valence-corrected chi connectivity index (χ3v) is 4.46. The van der Waals surface area contributed by atoms with Crippen molar-refractivity contribution in [3.63, 3.8) is 0 Å². The number of carboxylic acid groups (broad SMARTS) is 1. The lowest BCUT2D eigenvalue weighted by molar-refractivity contribution is -0.154. The summed E-state index contributed by atoms with van der Waals surface area (Å²) in [5.74, 6) is -1.83. The molecule has 0 aliphatic carbocycles. The monoisotopic (exact) mass is 352 g/mol. The Labute approximate surface area is 151 Å². The number of hydrogen-bond acceptors (Lipinski definition) is 5. The molecule has 3 N–H and O–H groups in total. The van der Waals surface area contributed by atoms with Crippen molar-refractivity contribution in [2.45, 2.75) is 12.1 Å². The first kappa shape index (κ1) is 17.7. The van der Waals surface area contributed by atoms with Gasteiger partial charge in [0.1, 0.15) is 0 Å². The van der Waals surface area contributed by atoms with Gasteiger partial charge in [-0.25, -0.2) is 9.59 Å². The van der Waals surface area contributed by atoms with Crippen molar-refractivity contribution < 1.29 is 19.4 Å². The molecule has 6 nitrogen and oxygen atoms in total. The van der Waals surface area contributed by atoms with Gasteiger partial charge in [0.15, 0.2) is 6.23 Å². The molecule has 26 heavy (non-hydrogen) atoms. The van der Waals surface area contributed by atoms with Crippen LogP contribution in [0.25, 0.3) is 0 Å². The predicted octanol–water partition coefficient (Wildman–Crippen LogP) is 2.53. The molecule has 0 spiro atoms. The van der Waals surface area contributed by atoms with E-state index >= 15 is 0 Å². The second kappa shape index (κ2) is 7.41. The Balaban J connectivity index is 1.98. The van der Waals surface area contributed by atoms with Gasteiger partial charge in [0.25, 0.3) is 0 Å². The number of esters is 1. The van der Waals surface area contributed by atoms with Crippen molar-refractivity contribution in [1.82, 2.24) is 4.90 Å². The summed E-state index contributed by atoms with van der Waals surface area (Å²) in [6, 6.07) is 15.7. The fourth-order valence-electron chi connectivity index (χ4n) is 3.30. The van der Waals surface area contributed by atoms with Crippen LogP contribution in [0.2, 0.25) is 0 Å². The minimum absolute atomic E-state index is 0.101. The second-order valence-corrected chi connectivity index (χ2v) is 6.21. The van der Waals surface area contributed by atoms with Crippen LogP contribution in [0.3, 0.4) is 0 Å². The normalized spacial score (nSPS) is 19.9. The molecule has 1 aliphatic heterocycles. The first-order chi connectivity index (χ1) is 12.5. The number of carbonyl (C=O) groups is 2. The Morgan fingerprint density at radius 3 is 2.58 bits per heavy atom. The molecule has 2 unspecified atom stereocenters. The van der Waals surface area contributed by atoms with Crippen molar-refractivity contribution in [3.8, 4) is 0 Å². The molecule has 0 bridgehead atoms. The van der Waals surface area contributed by atoms with E-state index in [1.165, 1.54) is 0 Å². The Kier molecular flexibility index (Phi) is 5.04. The highest BCUT2D eigenvalue weighted by Crippen LogP contribution is 2.41. The van der Waals surface area contributed by atoms with E-state index in [-0.39, 0.29) is 5.92 Å². The van der Waals surface area contributed by atoms with Crippen LogP contribution in [0.4, 0.5) is 5.69 Å². The minimum atomic E-state index is -1.21. The lowest BCUT2D eigenvalue weighted by Gasteiger charge is -2.39. The number of carbonyl (C=O) groups excluding carboxylic acids is 1. The van der Waals surface area contributed by atoms with E-state index in [2.05, 4.69) is 12.1 Å². The summed E-state index contributed by atoms with van der Waals surface area (Å²) in [4.78, 5) is 24.5. The molecule has 0 aromatic heterocycles. The average Bonchev–Trinajstić information content (AvgIpc) is 2.63. The highest BCUT2D eigenvalue weighted by molar-refractivity contribution is 5.90. The molecule has 0 radical (unpaired) electrons. The molecule has 0 saturated heterocycles. The zero-order chi connectivity index (χ0) is 18.7. The van der Waals surface area contributed by atoms with E-state index in [9.17, 15) is 9.59 Å². The minimum Gasteiger partial charge on any atom is -0.478 e. The van der Waals surface area contributed by atoms with Crippen LogP contribution in [-0.4, -0.2) is 35.5 Å². The smallest absolute Gasteiger partial charge is 0.332 e. The number of ether oxygens (including phenoxy) is 1. The highest BCUT2D eigenvalue weighted by atomic mass is 16.6. The SMILES string of the molecule is CN1CC(c2ccccc2)c2cccc(N)c2C1OC(=O)/C=C\C(=O)O. The van der Waals surface area contributed by atoms with Crippen molar-refractivity contribution in [2.24, 2.45) is 0 Å². The molecule has 2 aromatic rings. The van der Waals surface area contributed by atoms with Crippen molar-refractivity contribution in [1.29, 1.82) is 0 Å². The number of anilines is 1. The summed E-state index contributed by atoms with van der Waals surface area (Å²) >= 11 is 0. The lowest BCUT2D eigenvalue weighted by Crippen LogP contribution is -2.38. The predicted molar refractivity (Wildman–Crippen MR) is 97.4 cm³/mol. The van der Waals surface area contributed by atoms with Crippen LogP contribution in [0.1, 0.15) is 28.8 Å². The quantitative estimate of drug-likeness (QED) is 0.499. The molecule has 0 fully saturated rings. The van der Waals surface area contributed by atoms with Gasteiger partial charge in [0, 0.05) is 35.9 Å². The van der Waals surface area contributed by atoms with Crippen LogP contribution < -0.4 is 5.73 Å². The zero-order valence-electron chi connectivity index (χ0n) is 14.3. The molecule has 1 aliphatic rings. The molecule has 0 amide bonds. The van der Waals surface area contributed by atoms with E-state index in [0.717, 1.165) is 28.8 Å². The first-order valence-corrected chi connectivity index (χ1v) is 8.22.